The van der Waals surface area contributed by atoms with Crippen molar-refractivity contribution >= 4 is 22.8 Å². The van der Waals surface area contributed by atoms with Gasteiger partial charge in [-0.2, -0.15) is 0 Å². The molecule has 0 fully saturated rings. The van der Waals surface area contributed by atoms with Gasteiger partial charge in [-0.15, -0.1) is 0 Å². The first kappa shape index (κ1) is 18.5. The van der Waals surface area contributed by atoms with Crippen LogP contribution < -0.4 is 10.1 Å². The summed E-state index contributed by atoms with van der Waals surface area (Å²) in [5, 5.41) is 13.1. The first-order valence-electron chi connectivity index (χ1n) is 8.79. The van der Waals surface area contributed by atoms with Crippen LogP contribution in [-0.2, 0) is 11.2 Å². The van der Waals surface area contributed by atoms with Crippen molar-refractivity contribution in [3.8, 4) is 5.75 Å². The summed E-state index contributed by atoms with van der Waals surface area (Å²) >= 11 is 0. The lowest BCUT2D eigenvalue weighted by Gasteiger charge is -2.15. The van der Waals surface area contributed by atoms with E-state index in [4.69, 9.17) is 4.74 Å². The summed E-state index contributed by atoms with van der Waals surface area (Å²) < 4.78 is 5.55. The molecule has 1 atom stereocenters. The van der Waals surface area contributed by atoms with Gasteiger partial charge in [-0.3, -0.25) is 4.79 Å². The topological polar surface area (TPSA) is 91.4 Å². The fourth-order valence-corrected chi connectivity index (χ4v) is 2.92. The zero-order valence-corrected chi connectivity index (χ0v) is 15.2. The van der Waals surface area contributed by atoms with Crippen LogP contribution in [0.5, 0.6) is 5.75 Å². The van der Waals surface area contributed by atoms with Gasteiger partial charge in [0.1, 0.15) is 11.8 Å². The molecule has 2 aromatic carbocycles. The predicted octanol–water partition coefficient (Wildman–Crippen LogP) is 3.38. The number of fused-ring (bicyclic) bond motifs is 1. The van der Waals surface area contributed by atoms with Crippen LogP contribution >= 0.6 is 0 Å². The number of para-hydroxylation sites is 1. The van der Waals surface area contributed by atoms with Crippen molar-refractivity contribution in [2.75, 3.05) is 0 Å². The third kappa shape index (κ3) is 4.47. The molecule has 140 valence electrons. The number of aromatic amines is 1. The number of carbonyl (C=O) groups excluding carboxylic acids is 1. The zero-order valence-electron chi connectivity index (χ0n) is 15.2. The number of rotatable bonds is 7. The van der Waals surface area contributed by atoms with Gasteiger partial charge in [0.2, 0.25) is 0 Å². The Morgan fingerprint density at radius 1 is 1.11 bits per heavy atom. The smallest absolute Gasteiger partial charge is 0.326 e. The van der Waals surface area contributed by atoms with Crippen molar-refractivity contribution in [1.29, 1.82) is 0 Å². The standard InChI is InChI=1S/C21H22N2O4/c1-13(2)27-16-9-7-14(8-10-16)20(24)23-19(21(25)26)11-15-12-22-18-6-4-3-5-17(15)18/h3-10,12-13,19,22H,11H2,1-2H3,(H,23,24)(H,25,26). The highest BCUT2D eigenvalue weighted by Gasteiger charge is 2.22. The van der Waals surface area contributed by atoms with E-state index in [9.17, 15) is 14.7 Å². The maximum Gasteiger partial charge on any atom is 0.326 e. The summed E-state index contributed by atoms with van der Waals surface area (Å²) in [7, 11) is 0. The molecule has 1 amide bonds. The molecule has 0 aliphatic carbocycles. The average molecular weight is 366 g/mol. The highest BCUT2D eigenvalue weighted by atomic mass is 16.5. The normalized spacial score (nSPS) is 12.1. The number of H-pyrrole nitrogens is 1. The summed E-state index contributed by atoms with van der Waals surface area (Å²) in [6, 6.07) is 13.3. The van der Waals surface area contributed by atoms with Crippen LogP contribution in [0.25, 0.3) is 10.9 Å². The molecule has 1 aromatic heterocycles. The fourth-order valence-electron chi connectivity index (χ4n) is 2.92. The Morgan fingerprint density at radius 3 is 2.48 bits per heavy atom. The van der Waals surface area contributed by atoms with Crippen LogP contribution in [0.15, 0.2) is 54.7 Å². The van der Waals surface area contributed by atoms with Crippen LogP contribution in [-0.4, -0.2) is 34.1 Å². The molecule has 3 aromatic rings. The van der Waals surface area contributed by atoms with Crippen molar-refractivity contribution in [3.05, 3.63) is 65.9 Å². The summed E-state index contributed by atoms with van der Waals surface area (Å²) in [6.07, 6.45) is 2.02. The number of benzene rings is 2. The number of carboxylic acid groups (broad SMARTS) is 1. The molecule has 0 aliphatic rings. The first-order valence-corrected chi connectivity index (χ1v) is 8.79. The molecule has 0 aliphatic heterocycles. The van der Waals surface area contributed by atoms with Crippen LogP contribution in [0.1, 0.15) is 29.8 Å². The Labute approximate surface area is 157 Å². The number of nitrogens with one attached hydrogen (secondary N) is 2. The van der Waals surface area contributed by atoms with Crippen molar-refractivity contribution in [1.82, 2.24) is 10.3 Å². The molecule has 3 rings (SSSR count). The van der Waals surface area contributed by atoms with Crippen molar-refractivity contribution in [2.24, 2.45) is 0 Å². The van der Waals surface area contributed by atoms with E-state index in [1.54, 1.807) is 30.5 Å². The molecular formula is C21H22N2O4. The number of carbonyl (C=O) groups is 2. The quantitative estimate of drug-likeness (QED) is 0.598. The van der Waals surface area contributed by atoms with Crippen LogP contribution in [0, 0.1) is 0 Å². The Hall–Kier alpha value is -3.28. The van der Waals surface area contributed by atoms with Gasteiger partial charge in [-0.1, -0.05) is 18.2 Å². The van der Waals surface area contributed by atoms with E-state index in [-0.39, 0.29) is 12.5 Å². The van der Waals surface area contributed by atoms with E-state index in [1.165, 1.54) is 0 Å². The summed E-state index contributed by atoms with van der Waals surface area (Å²) in [6.45, 7) is 3.84. The van der Waals surface area contributed by atoms with Crippen LogP contribution in [0.3, 0.4) is 0 Å². The average Bonchev–Trinajstić information content (AvgIpc) is 3.04. The lowest BCUT2D eigenvalue weighted by molar-refractivity contribution is -0.139. The van der Waals surface area contributed by atoms with Crippen molar-refractivity contribution in [3.63, 3.8) is 0 Å². The number of ether oxygens (including phenoxy) is 1. The monoisotopic (exact) mass is 366 g/mol. The molecule has 0 spiro atoms. The molecule has 0 saturated carbocycles. The van der Waals surface area contributed by atoms with Crippen LogP contribution in [0.2, 0.25) is 0 Å². The number of hydrogen-bond acceptors (Lipinski definition) is 3. The molecule has 0 bridgehead atoms. The van der Waals surface area contributed by atoms with Gasteiger partial charge in [-0.25, -0.2) is 4.79 Å². The van der Waals surface area contributed by atoms with E-state index >= 15 is 0 Å². The molecule has 6 heteroatoms. The molecule has 1 heterocycles. The number of hydrogen-bond donors (Lipinski definition) is 3. The fraction of sp³-hybridized carbons (Fsp3) is 0.238. The SMILES string of the molecule is CC(C)Oc1ccc(C(=O)NC(Cc2c[nH]c3ccccc23)C(=O)O)cc1. The second kappa shape index (κ2) is 7.95. The highest BCUT2D eigenvalue weighted by Crippen LogP contribution is 2.19. The predicted molar refractivity (Wildman–Crippen MR) is 103 cm³/mol. The minimum Gasteiger partial charge on any atom is -0.491 e. The van der Waals surface area contributed by atoms with E-state index in [2.05, 4.69) is 10.3 Å². The Balaban J connectivity index is 1.72. The minimum atomic E-state index is -1.08. The maximum absolute atomic E-state index is 12.5. The first-order chi connectivity index (χ1) is 12.9. The Kier molecular flexibility index (Phi) is 5.45. The number of aromatic nitrogens is 1. The molecule has 0 saturated heterocycles. The third-order valence-electron chi connectivity index (χ3n) is 4.19. The molecule has 27 heavy (non-hydrogen) atoms. The molecule has 6 nitrogen and oxygen atoms in total. The van der Waals surface area contributed by atoms with Crippen LogP contribution in [0.4, 0.5) is 0 Å². The second-order valence-electron chi connectivity index (χ2n) is 6.62. The van der Waals surface area contributed by atoms with Gasteiger partial charge in [0.25, 0.3) is 5.91 Å². The van der Waals surface area contributed by atoms with Gasteiger partial charge in [-0.05, 0) is 49.7 Å². The van der Waals surface area contributed by atoms with E-state index in [0.29, 0.717) is 11.3 Å². The lowest BCUT2D eigenvalue weighted by Crippen LogP contribution is -2.42. The Bertz CT molecular complexity index is 944. The highest BCUT2D eigenvalue weighted by molar-refractivity contribution is 5.97. The second-order valence-corrected chi connectivity index (χ2v) is 6.62. The van der Waals surface area contributed by atoms with E-state index in [0.717, 1.165) is 16.5 Å². The van der Waals surface area contributed by atoms with Crippen molar-refractivity contribution in [2.45, 2.75) is 32.4 Å². The van der Waals surface area contributed by atoms with Crippen molar-refractivity contribution < 1.29 is 19.4 Å². The molecule has 3 N–H and O–H groups in total. The number of carboxylic acids is 1. The lowest BCUT2D eigenvalue weighted by atomic mass is 10.0. The molecule has 0 radical (unpaired) electrons. The summed E-state index contributed by atoms with van der Waals surface area (Å²) in [5.74, 6) is -0.846. The largest absolute Gasteiger partial charge is 0.491 e. The van der Waals surface area contributed by atoms with Gasteiger partial charge in [0.15, 0.2) is 0 Å². The van der Waals surface area contributed by atoms with E-state index < -0.39 is 17.9 Å². The van der Waals surface area contributed by atoms with E-state index in [1.807, 2.05) is 38.1 Å². The Morgan fingerprint density at radius 2 is 1.81 bits per heavy atom. The number of amides is 1. The maximum atomic E-state index is 12.5. The zero-order chi connectivity index (χ0) is 19.4. The number of aliphatic carboxylic acids is 1. The van der Waals surface area contributed by atoms with Gasteiger partial charge >= 0.3 is 5.97 Å². The van der Waals surface area contributed by atoms with Gasteiger partial charge in [0, 0.05) is 29.1 Å². The summed E-state index contributed by atoms with van der Waals surface area (Å²) in [4.78, 5) is 27.2. The van der Waals surface area contributed by atoms with Gasteiger partial charge < -0.3 is 20.1 Å². The molecule has 1 unspecified atom stereocenters. The summed E-state index contributed by atoms with van der Waals surface area (Å²) in [5.41, 5.74) is 2.17. The minimum absolute atomic E-state index is 0.0391. The molecular weight excluding hydrogens is 344 g/mol. The van der Waals surface area contributed by atoms with Gasteiger partial charge in [0.05, 0.1) is 6.10 Å². The third-order valence-corrected chi connectivity index (χ3v) is 4.19.